The summed E-state index contributed by atoms with van der Waals surface area (Å²) in [5, 5.41) is 12.7. The van der Waals surface area contributed by atoms with Crippen molar-refractivity contribution < 1.29 is 9.47 Å². The molecule has 0 bridgehead atoms. The van der Waals surface area contributed by atoms with Gasteiger partial charge in [0.2, 0.25) is 0 Å². The Morgan fingerprint density at radius 3 is 2.48 bits per heavy atom. The van der Waals surface area contributed by atoms with Gasteiger partial charge in [0.25, 0.3) is 0 Å². The van der Waals surface area contributed by atoms with Gasteiger partial charge in [0.15, 0.2) is 11.5 Å². The zero-order valence-corrected chi connectivity index (χ0v) is 13.3. The van der Waals surface area contributed by atoms with Gasteiger partial charge in [-0.2, -0.15) is 5.26 Å². The van der Waals surface area contributed by atoms with Gasteiger partial charge < -0.3 is 14.4 Å². The normalized spacial score (nSPS) is 12.0. The third kappa shape index (κ3) is 4.62. The molecule has 1 atom stereocenters. The van der Waals surface area contributed by atoms with Crippen LogP contribution < -0.4 is 14.8 Å². The van der Waals surface area contributed by atoms with Gasteiger partial charge in [-0.1, -0.05) is 26.0 Å². The third-order valence-electron chi connectivity index (χ3n) is 3.54. The summed E-state index contributed by atoms with van der Waals surface area (Å²) in [5.74, 6) is 1.25. The summed E-state index contributed by atoms with van der Waals surface area (Å²) in [5.41, 5.74) is 0.805. The number of para-hydroxylation sites is 1. The molecule has 1 unspecified atom stereocenters. The van der Waals surface area contributed by atoms with E-state index in [1.165, 1.54) is 0 Å². The van der Waals surface area contributed by atoms with E-state index in [-0.39, 0.29) is 0 Å². The largest absolute Gasteiger partial charge is 0.493 e. The molecule has 0 saturated carbocycles. The van der Waals surface area contributed by atoms with Crippen molar-refractivity contribution in [3.63, 3.8) is 0 Å². The molecule has 0 radical (unpaired) electrons. The summed E-state index contributed by atoms with van der Waals surface area (Å²) in [6.45, 7) is 7.96. The fourth-order valence-corrected chi connectivity index (χ4v) is 2.27. The lowest BCUT2D eigenvalue weighted by Gasteiger charge is -2.21. The van der Waals surface area contributed by atoms with Crippen molar-refractivity contribution >= 4 is 0 Å². The van der Waals surface area contributed by atoms with Crippen LogP contribution in [0.1, 0.15) is 25.5 Å². The Morgan fingerprint density at radius 2 is 1.95 bits per heavy atom. The zero-order chi connectivity index (χ0) is 15.7. The minimum atomic E-state index is -0.411. The second kappa shape index (κ2) is 9.22. The van der Waals surface area contributed by atoms with Crippen molar-refractivity contribution in [1.82, 2.24) is 10.2 Å². The summed E-state index contributed by atoms with van der Waals surface area (Å²) >= 11 is 0. The molecule has 116 valence electrons. The van der Waals surface area contributed by atoms with Crippen LogP contribution in [0.25, 0.3) is 0 Å². The summed E-state index contributed by atoms with van der Waals surface area (Å²) < 4.78 is 10.7. The van der Waals surface area contributed by atoms with E-state index in [0.717, 1.165) is 31.7 Å². The Bertz CT molecular complexity index is 467. The van der Waals surface area contributed by atoms with Crippen molar-refractivity contribution in [1.29, 1.82) is 5.26 Å². The quantitative estimate of drug-likeness (QED) is 0.756. The maximum Gasteiger partial charge on any atom is 0.166 e. The fraction of sp³-hybridized carbons (Fsp3) is 0.562. The molecule has 1 aromatic carbocycles. The molecule has 1 rings (SSSR count). The Balaban J connectivity index is 2.79. The second-order valence-corrected chi connectivity index (χ2v) is 4.63. The number of hydrogen-bond acceptors (Lipinski definition) is 5. The molecule has 0 heterocycles. The monoisotopic (exact) mass is 291 g/mol. The molecular formula is C16H25N3O2. The van der Waals surface area contributed by atoms with E-state index in [4.69, 9.17) is 9.47 Å². The first-order valence-electron chi connectivity index (χ1n) is 7.27. The first-order chi connectivity index (χ1) is 10.2. The predicted octanol–water partition coefficient (Wildman–Crippen LogP) is 2.20. The van der Waals surface area contributed by atoms with Crippen molar-refractivity contribution in [3.05, 3.63) is 23.8 Å². The number of nitrogens with zero attached hydrogens (tertiary/aromatic N) is 2. The molecule has 1 N–H and O–H groups in total. The molecule has 0 spiro atoms. The highest BCUT2D eigenvalue weighted by molar-refractivity contribution is 5.49. The van der Waals surface area contributed by atoms with Crippen LogP contribution in [0.5, 0.6) is 11.5 Å². The number of nitrogens with one attached hydrogen (secondary N) is 1. The van der Waals surface area contributed by atoms with E-state index < -0.39 is 6.04 Å². The van der Waals surface area contributed by atoms with Gasteiger partial charge >= 0.3 is 0 Å². The lowest BCUT2D eigenvalue weighted by Crippen LogP contribution is -2.33. The molecule has 0 aliphatic rings. The summed E-state index contributed by atoms with van der Waals surface area (Å²) in [4.78, 5) is 2.31. The van der Waals surface area contributed by atoms with E-state index in [9.17, 15) is 5.26 Å². The van der Waals surface area contributed by atoms with Crippen LogP contribution in [0.15, 0.2) is 18.2 Å². The smallest absolute Gasteiger partial charge is 0.166 e. The maximum absolute atomic E-state index is 9.42. The van der Waals surface area contributed by atoms with Crippen molar-refractivity contribution in [2.75, 3.05) is 40.4 Å². The lowest BCUT2D eigenvalue weighted by molar-refractivity contribution is 0.299. The highest BCUT2D eigenvalue weighted by Gasteiger charge is 2.18. The van der Waals surface area contributed by atoms with Gasteiger partial charge in [-0.3, -0.25) is 5.32 Å². The number of likely N-dealkylation sites (N-methyl/N-ethyl adjacent to an activating group) is 1. The van der Waals surface area contributed by atoms with Crippen LogP contribution in [0, 0.1) is 11.3 Å². The molecule has 0 amide bonds. The highest BCUT2D eigenvalue weighted by atomic mass is 16.5. The summed E-state index contributed by atoms with van der Waals surface area (Å²) in [6, 6.07) is 7.46. The van der Waals surface area contributed by atoms with Crippen LogP contribution in [0.2, 0.25) is 0 Å². The topological polar surface area (TPSA) is 57.5 Å². The maximum atomic E-state index is 9.42. The van der Waals surface area contributed by atoms with E-state index in [1.54, 1.807) is 14.2 Å². The lowest BCUT2D eigenvalue weighted by atomic mass is 10.1. The second-order valence-electron chi connectivity index (χ2n) is 4.63. The van der Waals surface area contributed by atoms with Crippen molar-refractivity contribution in [2.24, 2.45) is 0 Å². The zero-order valence-electron chi connectivity index (χ0n) is 13.3. The number of nitriles is 1. The molecule has 5 heteroatoms. The molecule has 21 heavy (non-hydrogen) atoms. The molecule has 1 aromatic rings. The van der Waals surface area contributed by atoms with Crippen molar-refractivity contribution in [3.8, 4) is 17.6 Å². The molecule has 0 aromatic heterocycles. The van der Waals surface area contributed by atoms with E-state index in [2.05, 4.69) is 30.1 Å². The van der Waals surface area contributed by atoms with Gasteiger partial charge in [0.05, 0.1) is 20.3 Å². The Morgan fingerprint density at radius 1 is 1.24 bits per heavy atom. The molecule has 0 aliphatic carbocycles. The van der Waals surface area contributed by atoms with Gasteiger partial charge in [-0.05, 0) is 19.2 Å². The average molecular weight is 291 g/mol. The Labute approximate surface area is 127 Å². The Hall–Kier alpha value is -1.77. The van der Waals surface area contributed by atoms with Gasteiger partial charge in [-0.15, -0.1) is 0 Å². The predicted molar refractivity (Wildman–Crippen MR) is 83.7 cm³/mol. The van der Waals surface area contributed by atoms with E-state index in [0.29, 0.717) is 11.5 Å². The highest BCUT2D eigenvalue weighted by Crippen LogP contribution is 2.34. The number of hydrogen-bond donors (Lipinski definition) is 1. The standard InChI is InChI=1S/C16H25N3O2/c1-5-19(6-2)11-10-18-14(12-17)13-8-7-9-15(20-3)16(13)21-4/h7-9,14,18H,5-6,10-11H2,1-4H3. The first-order valence-corrected chi connectivity index (χ1v) is 7.27. The van der Waals surface area contributed by atoms with Crippen LogP contribution in [0.3, 0.4) is 0 Å². The Kier molecular flexibility index (Phi) is 7.59. The fourth-order valence-electron chi connectivity index (χ4n) is 2.27. The van der Waals surface area contributed by atoms with E-state index in [1.807, 2.05) is 18.2 Å². The van der Waals surface area contributed by atoms with Crippen LogP contribution in [0.4, 0.5) is 0 Å². The summed E-state index contributed by atoms with van der Waals surface area (Å²) in [7, 11) is 3.18. The molecule has 5 nitrogen and oxygen atoms in total. The van der Waals surface area contributed by atoms with Gasteiger partial charge in [0.1, 0.15) is 6.04 Å². The first kappa shape index (κ1) is 17.3. The molecule has 0 fully saturated rings. The molecule has 0 saturated heterocycles. The van der Waals surface area contributed by atoms with Crippen molar-refractivity contribution in [2.45, 2.75) is 19.9 Å². The number of rotatable bonds is 9. The van der Waals surface area contributed by atoms with Crippen LogP contribution in [-0.2, 0) is 0 Å². The number of benzene rings is 1. The van der Waals surface area contributed by atoms with Crippen LogP contribution in [-0.4, -0.2) is 45.3 Å². The minimum absolute atomic E-state index is 0.411. The number of ether oxygens (including phenoxy) is 2. The minimum Gasteiger partial charge on any atom is -0.493 e. The van der Waals surface area contributed by atoms with Gasteiger partial charge in [-0.25, -0.2) is 0 Å². The third-order valence-corrected chi connectivity index (χ3v) is 3.54. The summed E-state index contributed by atoms with van der Waals surface area (Å²) in [6.07, 6.45) is 0. The van der Waals surface area contributed by atoms with E-state index >= 15 is 0 Å². The van der Waals surface area contributed by atoms with Gasteiger partial charge in [0, 0.05) is 18.7 Å². The van der Waals surface area contributed by atoms with Crippen LogP contribution >= 0.6 is 0 Å². The molecular weight excluding hydrogens is 266 g/mol. The number of methoxy groups -OCH3 is 2. The average Bonchev–Trinajstić information content (AvgIpc) is 2.54. The molecule has 0 aliphatic heterocycles. The SMILES string of the molecule is CCN(CC)CCNC(C#N)c1cccc(OC)c1OC.